The lowest BCUT2D eigenvalue weighted by molar-refractivity contribution is -0.121. The van der Waals surface area contributed by atoms with E-state index in [1.54, 1.807) is 4.90 Å². The van der Waals surface area contributed by atoms with Crippen LogP contribution in [0.1, 0.15) is 30.9 Å². The van der Waals surface area contributed by atoms with Crippen molar-refractivity contribution in [3.05, 3.63) is 41.5 Å². The van der Waals surface area contributed by atoms with Crippen LogP contribution in [0, 0.1) is 13.8 Å². The lowest BCUT2D eigenvalue weighted by Crippen LogP contribution is -2.33. The quantitative estimate of drug-likeness (QED) is 0.798. The van der Waals surface area contributed by atoms with Crippen molar-refractivity contribution in [3.63, 3.8) is 0 Å². The minimum Gasteiger partial charge on any atom is -0.314 e. The SMILES string of the molecule is Cc1cn(-c2ccc3c(c2)N(C)C(=O)C3(C)C)c(C)n1. The number of hydrogen-bond donors (Lipinski definition) is 0. The van der Waals surface area contributed by atoms with Gasteiger partial charge in [-0.05, 0) is 45.4 Å². The fraction of sp³-hybridized carbons (Fsp3) is 0.375. The van der Waals surface area contributed by atoms with Crippen molar-refractivity contribution < 1.29 is 4.79 Å². The number of rotatable bonds is 1. The van der Waals surface area contributed by atoms with Crippen molar-refractivity contribution in [2.24, 2.45) is 0 Å². The van der Waals surface area contributed by atoms with Crippen LogP contribution in [0.2, 0.25) is 0 Å². The Morgan fingerprint density at radius 2 is 1.90 bits per heavy atom. The van der Waals surface area contributed by atoms with Gasteiger partial charge in [0.05, 0.1) is 11.1 Å². The lowest BCUT2D eigenvalue weighted by atomic mass is 9.86. The largest absolute Gasteiger partial charge is 0.314 e. The van der Waals surface area contributed by atoms with E-state index in [-0.39, 0.29) is 5.91 Å². The van der Waals surface area contributed by atoms with Gasteiger partial charge in [0.15, 0.2) is 0 Å². The van der Waals surface area contributed by atoms with E-state index in [9.17, 15) is 4.79 Å². The number of hydrogen-bond acceptors (Lipinski definition) is 2. The predicted octanol–water partition coefficient (Wildman–Crippen LogP) is 2.74. The molecule has 0 atom stereocenters. The third kappa shape index (κ3) is 1.60. The van der Waals surface area contributed by atoms with E-state index in [0.29, 0.717) is 0 Å². The molecule has 0 spiro atoms. The first-order valence-electron chi connectivity index (χ1n) is 6.78. The average molecular weight is 269 g/mol. The molecule has 1 aromatic heterocycles. The molecule has 0 saturated heterocycles. The molecule has 1 amide bonds. The number of aryl methyl sites for hydroxylation is 2. The van der Waals surface area contributed by atoms with E-state index in [0.717, 1.165) is 28.5 Å². The molecular weight excluding hydrogens is 250 g/mol. The van der Waals surface area contributed by atoms with E-state index < -0.39 is 5.41 Å². The molecule has 2 aromatic rings. The first-order chi connectivity index (χ1) is 9.32. The third-order valence-electron chi connectivity index (χ3n) is 4.14. The molecule has 3 rings (SSSR count). The summed E-state index contributed by atoms with van der Waals surface area (Å²) in [5.74, 6) is 1.09. The normalized spacial score (nSPS) is 16.6. The Balaban J connectivity index is 2.17. The predicted molar refractivity (Wildman–Crippen MR) is 79.5 cm³/mol. The summed E-state index contributed by atoms with van der Waals surface area (Å²) >= 11 is 0. The first kappa shape index (κ1) is 12.9. The van der Waals surface area contributed by atoms with Crippen LogP contribution >= 0.6 is 0 Å². The maximum absolute atomic E-state index is 12.3. The second-order valence-electron chi connectivity index (χ2n) is 5.99. The van der Waals surface area contributed by atoms with Gasteiger partial charge in [-0.3, -0.25) is 4.79 Å². The number of aromatic nitrogens is 2. The number of carbonyl (C=O) groups excluding carboxylic acids is 1. The molecule has 0 fully saturated rings. The van der Waals surface area contributed by atoms with Gasteiger partial charge in [0.25, 0.3) is 0 Å². The topological polar surface area (TPSA) is 38.1 Å². The number of nitrogens with zero attached hydrogens (tertiary/aromatic N) is 3. The van der Waals surface area contributed by atoms with Gasteiger partial charge in [0.1, 0.15) is 5.82 Å². The van der Waals surface area contributed by atoms with Crippen molar-refractivity contribution >= 4 is 11.6 Å². The van der Waals surface area contributed by atoms with E-state index in [2.05, 4.69) is 27.8 Å². The monoisotopic (exact) mass is 269 g/mol. The number of amides is 1. The second kappa shape index (κ2) is 3.95. The van der Waals surface area contributed by atoms with E-state index in [4.69, 9.17) is 0 Å². The van der Waals surface area contributed by atoms with Crippen LogP contribution < -0.4 is 4.90 Å². The molecule has 1 aliphatic rings. The summed E-state index contributed by atoms with van der Waals surface area (Å²) in [6.45, 7) is 7.92. The molecule has 1 aromatic carbocycles. The number of anilines is 1. The second-order valence-corrected chi connectivity index (χ2v) is 5.99. The van der Waals surface area contributed by atoms with Crippen LogP contribution in [-0.2, 0) is 10.2 Å². The van der Waals surface area contributed by atoms with Crippen LogP contribution in [0.15, 0.2) is 24.4 Å². The Bertz CT molecular complexity index is 713. The maximum Gasteiger partial charge on any atom is 0.236 e. The zero-order valence-electron chi connectivity index (χ0n) is 12.6. The molecule has 0 saturated carbocycles. The van der Waals surface area contributed by atoms with Gasteiger partial charge in [-0.1, -0.05) is 6.07 Å². The van der Waals surface area contributed by atoms with E-state index in [1.807, 2.05) is 40.9 Å². The summed E-state index contributed by atoms with van der Waals surface area (Å²) in [4.78, 5) is 18.5. The van der Waals surface area contributed by atoms with Gasteiger partial charge >= 0.3 is 0 Å². The van der Waals surface area contributed by atoms with Gasteiger partial charge in [-0.2, -0.15) is 0 Å². The van der Waals surface area contributed by atoms with Gasteiger partial charge in [-0.15, -0.1) is 0 Å². The maximum atomic E-state index is 12.3. The molecule has 104 valence electrons. The van der Waals surface area contributed by atoms with Crippen LogP contribution in [0.25, 0.3) is 5.69 Å². The Labute approximate surface area is 119 Å². The summed E-state index contributed by atoms with van der Waals surface area (Å²) in [6, 6.07) is 6.18. The molecule has 0 unspecified atom stereocenters. The van der Waals surface area contributed by atoms with Crippen molar-refractivity contribution in [1.29, 1.82) is 0 Å². The highest BCUT2D eigenvalue weighted by Crippen LogP contribution is 2.41. The molecule has 0 bridgehead atoms. The highest BCUT2D eigenvalue weighted by Gasteiger charge is 2.42. The molecule has 0 N–H and O–H groups in total. The van der Waals surface area contributed by atoms with Crippen LogP contribution in [0.5, 0.6) is 0 Å². The number of carbonyl (C=O) groups is 1. The molecule has 4 nitrogen and oxygen atoms in total. The first-order valence-corrected chi connectivity index (χ1v) is 6.78. The van der Waals surface area contributed by atoms with Crippen molar-refractivity contribution in [3.8, 4) is 5.69 Å². The molecule has 1 aliphatic heterocycles. The summed E-state index contributed by atoms with van der Waals surface area (Å²) in [5.41, 5.74) is 3.67. The highest BCUT2D eigenvalue weighted by atomic mass is 16.2. The minimum atomic E-state index is -0.442. The Kier molecular flexibility index (Phi) is 2.55. The van der Waals surface area contributed by atoms with Crippen molar-refractivity contribution in [2.75, 3.05) is 11.9 Å². The summed E-state index contributed by atoms with van der Waals surface area (Å²) in [7, 11) is 1.84. The van der Waals surface area contributed by atoms with Gasteiger partial charge in [0, 0.05) is 24.6 Å². The van der Waals surface area contributed by atoms with Gasteiger partial charge < -0.3 is 9.47 Å². The molecule has 0 radical (unpaired) electrons. The molecule has 0 aliphatic carbocycles. The van der Waals surface area contributed by atoms with Crippen LogP contribution in [0.4, 0.5) is 5.69 Å². The lowest BCUT2D eigenvalue weighted by Gasteiger charge is -2.16. The van der Waals surface area contributed by atoms with E-state index >= 15 is 0 Å². The summed E-state index contributed by atoms with van der Waals surface area (Å²) in [5, 5.41) is 0. The molecule has 20 heavy (non-hydrogen) atoms. The number of imidazole rings is 1. The standard InChI is InChI=1S/C16H19N3O/c1-10-9-19(11(2)17-10)12-6-7-13-14(8-12)18(5)15(20)16(13,3)4/h6-9H,1-5H3. The Morgan fingerprint density at radius 1 is 1.20 bits per heavy atom. The highest BCUT2D eigenvalue weighted by molar-refractivity contribution is 6.07. The Morgan fingerprint density at radius 3 is 2.50 bits per heavy atom. The van der Waals surface area contributed by atoms with Crippen molar-refractivity contribution in [2.45, 2.75) is 33.1 Å². The van der Waals surface area contributed by atoms with E-state index in [1.165, 1.54) is 0 Å². The smallest absolute Gasteiger partial charge is 0.236 e. The number of benzene rings is 1. The van der Waals surface area contributed by atoms with Crippen molar-refractivity contribution in [1.82, 2.24) is 9.55 Å². The van der Waals surface area contributed by atoms with Crippen LogP contribution in [0.3, 0.4) is 0 Å². The fourth-order valence-electron chi connectivity index (χ4n) is 3.00. The third-order valence-corrected chi connectivity index (χ3v) is 4.14. The summed E-state index contributed by atoms with van der Waals surface area (Å²) < 4.78 is 2.05. The zero-order valence-corrected chi connectivity index (χ0v) is 12.6. The van der Waals surface area contributed by atoms with Crippen LogP contribution in [-0.4, -0.2) is 22.5 Å². The zero-order chi connectivity index (χ0) is 14.7. The molecular formula is C16H19N3O. The fourth-order valence-corrected chi connectivity index (χ4v) is 3.00. The minimum absolute atomic E-state index is 0.142. The van der Waals surface area contributed by atoms with Gasteiger partial charge in [-0.25, -0.2) is 4.98 Å². The molecule has 2 heterocycles. The summed E-state index contributed by atoms with van der Waals surface area (Å²) in [6.07, 6.45) is 2.01. The number of likely N-dealkylation sites (N-methyl/N-ethyl adjacent to an activating group) is 1. The molecule has 4 heteroatoms. The number of fused-ring (bicyclic) bond motifs is 1. The Hall–Kier alpha value is -2.10. The van der Waals surface area contributed by atoms with Gasteiger partial charge in [0.2, 0.25) is 5.91 Å². The average Bonchev–Trinajstić information content (AvgIpc) is 2.81.